The molecule has 0 bridgehead atoms. The van der Waals surface area contributed by atoms with Crippen molar-refractivity contribution in [2.75, 3.05) is 36.5 Å². The first-order valence-electron chi connectivity index (χ1n) is 11.8. The number of phenols is 1. The molecule has 37 heavy (non-hydrogen) atoms. The third kappa shape index (κ3) is 7.03. The van der Waals surface area contributed by atoms with E-state index in [1.54, 1.807) is 24.3 Å². The molecule has 12 heteroatoms. The summed E-state index contributed by atoms with van der Waals surface area (Å²) in [6.07, 6.45) is 2.92. The quantitative estimate of drug-likeness (QED) is 0.208. The summed E-state index contributed by atoms with van der Waals surface area (Å²) >= 11 is 0. The van der Waals surface area contributed by atoms with E-state index in [1.165, 1.54) is 25.2 Å². The summed E-state index contributed by atoms with van der Waals surface area (Å²) in [7, 11) is 1.50. The largest absolute Gasteiger partial charge is 0.507 e. The number of phenolic OH excluding ortho intramolecular Hbond substituents is 1. The number of piperidine rings is 1. The highest BCUT2D eigenvalue weighted by atomic mass is 19.1. The number of benzene rings is 2. The summed E-state index contributed by atoms with van der Waals surface area (Å²) < 4.78 is 20.3. The Labute approximate surface area is 215 Å². The monoisotopic (exact) mass is 511 g/mol. The van der Waals surface area contributed by atoms with Gasteiger partial charge in [-0.25, -0.2) is 4.39 Å². The fraction of sp³-hybridized carbons (Fsp3) is 0.320. The molecule has 2 atom stereocenters. The highest BCUT2D eigenvalue weighted by Gasteiger charge is 2.32. The molecule has 2 unspecified atom stereocenters. The van der Waals surface area contributed by atoms with E-state index in [2.05, 4.69) is 31.7 Å². The molecule has 11 nitrogen and oxygen atoms in total. The van der Waals surface area contributed by atoms with Gasteiger partial charge < -0.3 is 48.4 Å². The SMILES string of the molecule is CC1(N)CCCNC1CNc1cc(Nc2ccc(Oc3cccc(O)c3C=N)c(F)c2)nc(N)n1.CN. The lowest BCUT2D eigenvalue weighted by molar-refractivity contribution is 0.259. The van der Waals surface area contributed by atoms with E-state index in [9.17, 15) is 9.50 Å². The van der Waals surface area contributed by atoms with Crippen molar-refractivity contribution in [3.05, 3.63) is 53.8 Å². The molecule has 0 saturated carbocycles. The molecule has 1 aliphatic rings. The molecule has 0 aliphatic carbocycles. The first kappa shape index (κ1) is 27.6. The van der Waals surface area contributed by atoms with Crippen molar-refractivity contribution in [2.45, 2.75) is 31.3 Å². The Bertz CT molecular complexity index is 1220. The lowest BCUT2D eigenvalue weighted by Gasteiger charge is -2.39. The van der Waals surface area contributed by atoms with Crippen LogP contribution in [0.3, 0.4) is 0 Å². The second-order valence-electron chi connectivity index (χ2n) is 8.70. The van der Waals surface area contributed by atoms with Gasteiger partial charge >= 0.3 is 0 Å². The van der Waals surface area contributed by atoms with Crippen LogP contribution in [0, 0.1) is 11.2 Å². The van der Waals surface area contributed by atoms with Crippen LogP contribution in [0.5, 0.6) is 17.2 Å². The van der Waals surface area contributed by atoms with Crippen LogP contribution in [0.2, 0.25) is 0 Å². The standard InChI is InChI=1S/C24H29FN8O2.CH5N/c1-24(28)8-3-9-29-20(24)13-30-21-11-22(33-23(27)32-21)31-14-6-7-19(16(25)10-14)35-18-5-2-4-17(34)15(18)12-26;1-2/h2,4-7,10-12,20,26,29,34H,3,8-9,13,28H2,1H3,(H4,27,30,31,32,33);2H2,1H3. The molecule has 2 heterocycles. The molecule has 0 spiro atoms. The summed E-state index contributed by atoms with van der Waals surface area (Å²) in [5.41, 5.74) is 17.0. The minimum Gasteiger partial charge on any atom is -0.507 e. The predicted octanol–water partition coefficient (Wildman–Crippen LogP) is 2.89. The summed E-state index contributed by atoms with van der Waals surface area (Å²) in [5, 5.41) is 27.0. The van der Waals surface area contributed by atoms with E-state index in [1.807, 2.05) is 6.92 Å². The van der Waals surface area contributed by atoms with Crippen LogP contribution in [0.1, 0.15) is 25.3 Å². The van der Waals surface area contributed by atoms with Gasteiger partial charge in [-0.2, -0.15) is 9.97 Å². The average Bonchev–Trinajstić information content (AvgIpc) is 2.86. The number of aromatic nitrogens is 2. The second kappa shape index (κ2) is 12.3. The third-order valence-corrected chi connectivity index (χ3v) is 5.92. The second-order valence-corrected chi connectivity index (χ2v) is 8.70. The highest BCUT2D eigenvalue weighted by Crippen LogP contribution is 2.32. The van der Waals surface area contributed by atoms with Crippen LogP contribution in [0.25, 0.3) is 0 Å². The number of nitrogens with zero attached hydrogens (tertiary/aromatic N) is 2. The van der Waals surface area contributed by atoms with Crippen molar-refractivity contribution in [2.24, 2.45) is 11.5 Å². The predicted molar refractivity (Wildman–Crippen MR) is 144 cm³/mol. The molecule has 1 saturated heterocycles. The number of nitrogen functional groups attached to an aromatic ring is 1. The van der Waals surface area contributed by atoms with Crippen LogP contribution in [0.4, 0.5) is 27.7 Å². The Morgan fingerprint density at radius 1 is 1.22 bits per heavy atom. The van der Waals surface area contributed by atoms with Crippen molar-refractivity contribution in [1.29, 1.82) is 5.41 Å². The van der Waals surface area contributed by atoms with Gasteiger partial charge in [-0.1, -0.05) is 6.07 Å². The summed E-state index contributed by atoms with van der Waals surface area (Å²) in [6, 6.07) is 10.6. The summed E-state index contributed by atoms with van der Waals surface area (Å²) in [5.74, 6) is 0.315. The van der Waals surface area contributed by atoms with E-state index in [-0.39, 0.29) is 40.3 Å². The number of rotatable bonds is 8. The molecule has 11 N–H and O–H groups in total. The smallest absolute Gasteiger partial charge is 0.223 e. The summed E-state index contributed by atoms with van der Waals surface area (Å²) in [4.78, 5) is 8.40. The molecule has 3 aromatic rings. The minimum atomic E-state index is -0.639. The number of nitrogens with one attached hydrogen (secondary N) is 4. The van der Waals surface area contributed by atoms with E-state index >= 15 is 0 Å². The molecule has 0 radical (unpaired) electrons. The van der Waals surface area contributed by atoms with Crippen molar-refractivity contribution in [1.82, 2.24) is 15.3 Å². The highest BCUT2D eigenvalue weighted by molar-refractivity contribution is 5.85. The Balaban J connectivity index is 0.00000186. The van der Waals surface area contributed by atoms with Crippen LogP contribution in [0.15, 0.2) is 42.5 Å². The Morgan fingerprint density at radius 3 is 2.68 bits per heavy atom. The number of halogens is 1. The zero-order valence-corrected chi connectivity index (χ0v) is 20.9. The Hall–Kier alpha value is -4.00. The molecule has 1 aliphatic heterocycles. The molecular formula is C25H34FN9O2. The molecule has 198 valence electrons. The first-order chi connectivity index (χ1) is 17.7. The minimum absolute atomic E-state index is 0.0568. The lowest BCUT2D eigenvalue weighted by Crippen LogP contribution is -2.61. The first-order valence-corrected chi connectivity index (χ1v) is 11.8. The molecular weight excluding hydrogens is 477 g/mol. The van der Waals surface area contributed by atoms with E-state index in [4.69, 9.17) is 21.6 Å². The fourth-order valence-electron chi connectivity index (χ4n) is 3.98. The van der Waals surface area contributed by atoms with Gasteiger partial charge in [0.05, 0.1) is 5.56 Å². The molecule has 2 aromatic carbocycles. The van der Waals surface area contributed by atoms with Crippen LogP contribution >= 0.6 is 0 Å². The molecule has 0 amide bonds. The third-order valence-electron chi connectivity index (χ3n) is 5.92. The van der Waals surface area contributed by atoms with Gasteiger partial charge in [0.15, 0.2) is 11.6 Å². The summed E-state index contributed by atoms with van der Waals surface area (Å²) in [6.45, 7) is 3.51. The number of hydrogen-bond acceptors (Lipinski definition) is 11. The maximum absolute atomic E-state index is 14.8. The Kier molecular flexibility index (Phi) is 9.17. The van der Waals surface area contributed by atoms with Gasteiger partial charge in [0.1, 0.15) is 23.1 Å². The number of ether oxygens (including phenoxy) is 1. The van der Waals surface area contributed by atoms with E-state index in [0.717, 1.165) is 25.6 Å². The van der Waals surface area contributed by atoms with Crippen molar-refractivity contribution in [3.8, 4) is 17.2 Å². The van der Waals surface area contributed by atoms with Gasteiger partial charge in [-0.3, -0.25) is 0 Å². The fourth-order valence-corrected chi connectivity index (χ4v) is 3.98. The van der Waals surface area contributed by atoms with Crippen LogP contribution in [-0.4, -0.2) is 53.0 Å². The topological polar surface area (TPSA) is 193 Å². The maximum atomic E-state index is 14.8. The van der Waals surface area contributed by atoms with Crippen molar-refractivity contribution in [3.63, 3.8) is 0 Å². The van der Waals surface area contributed by atoms with Crippen LogP contribution < -0.4 is 37.9 Å². The van der Waals surface area contributed by atoms with Gasteiger partial charge in [0.2, 0.25) is 5.95 Å². The maximum Gasteiger partial charge on any atom is 0.223 e. The Morgan fingerprint density at radius 2 is 1.97 bits per heavy atom. The number of hydrogen-bond donors (Lipinski definition) is 8. The van der Waals surface area contributed by atoms with Crippen molar-refractivity contribution < 1.29 is 14.2 Å². The van der Waals surface area contributed by atoms with E-state index in [0.29, 0.717) is 23.9 Å². The van der Waals surface area contributed by atoms with Gasteiger partial charge in [-0.15, -0.1) is 0 Å². The van der Waals surface area contributed by atoms with Gasteiger partial charge in [0, 0.05) is 42.2 Å². The van der Waals surface area contributed by atoms with Gasteiger partial charge in [-0.05, 0) is 57.6 Å². The number of anilines is 4. The molecule has 1 aromatic heterocycles. The number of aromatic hydroxyl groups is 1. The molecule has 4 rings (SSSR count). The van der Waals surface area contributed by atoms with Crippen LogP contribution in [-0.2, 0) is 0 Å². The van der Waals surface area contributed by atoms with Crippen molar-refractivity contribution >= 4 is 29.5 Å². The van der Waals surface area contributed by atoms with Gasteiger partial charge in [0.25, 0.3) is 0 Å². The average molecular weight is 512 g/mol. The lowest BCUT2D eigenvalue weighted by atomic mass is 9.85. The zero-order valence-electron chi connectivity index (χ0n) is 20.9. The molecule has 1 fully saturated rings. The normalized spacial score (nSPS) is 18.8. The van der Waals surface area contributed by atoms with E-state index < -0.39 is 5.82 Å². The number of nitrogens with two attached hydrogens (primary N) is 3. The zero-order chi connectivity index (χ0) is 27.0.